The second-order valence-electron chi connectivity index (χ2n) is 3.61. The lowest BCUT2D eigenvalue weighted by atomic mass is 9.97. The highest BCUT2D eigenvalue weighted by molar-refractivity contribution is 6.31. The Bertz CT molecular complexity index is 468. The highest BCUT2D eigenvalue weighted by atomic mass is 35.5. The molecule has 0 amide bonds. The third-order valence-corrected chi connectivity index (χ3v) is 3.07. The summed E-state index contributed by atoms with van der Waals surface area (Å²) in [6, 6.07) is 7.56. The van der Waals surface area contributed by atoms with Crippen molar-refractivity contribution in [2.45, 2.75) is 13.0 Å². The van der Waals surface area contributed by atoms with Crippen molar-refractivity contribution in [3.8, 4) is 0 Å². The van der Waals surface area contributed by atoms with Crippen molar-refractivity contribution < 1.29 is 4.42 Å². The number of furan rings is 1. The van der Waals surface area contributed by atoms with Crippen LogP contribution >= 0.6 is 11.6 Å². The zero-order chi connectivity index (χ0) is 11.5. The van der Waals surface area contributed by atoms with Gasteiger partial charge < -0.3 is 4.42 Å². The normalized spacial score (nSPS) is 12.7. The summed E-state index contributed by atoms with van der Waals surface area (Å²) >= 11 is 6.08. The van der Waals surface area contributed by atoms with Crippen LogP contribution in [0.15, 0.2) is 41.2 Å². The second-order valence-corrected chi connectivity index (χ2v) is 4.02. The Morgan fingerprint density at radius 2 is 2.19 bits per heavy atom. The summed E-state index contributed by atoms with van der Waals surface area (Å²) in [6.07, 6.45) is 3.30. The van der Waals surface area contributed by atoms with E-state index < -0.39 is 0 Å². The number of halogens is 1. The lowest BCUT2D eigenvalue weighted by Crippen LogP contribution is -2.29. The number of hydrogen-bond donors (Lipinski definition) is 2. The van der Waals surface area contributed by atoms with Crippen molar-refractivity contribution in [2.75, 3.05) is 0 Å². The Labute approximate surface area is 99.2 Å². The van der Waals surface area contributed by atoms with Crippen LogP contribution < -0.4 is 11.3 Å². The maximum atomic E-state index is 6.08. The van der Waals surface area contributed by atoms with Gasteiger partial charge in [-0.25, -0.2) is 5.43 Å². The van der Waals surface area contributed by atoms with Gasteiger partial charge >= 0.3 is 0 Å². The summed E-state index contributed by atoms with van der Waals surface area (Å²) in [4.78, 5) is 0. The molecule has 0 saturated heterocycles. The van der Waals surface area contributed by atoms with Gasteiger partial charge in [-0.15, -0.1) is 0 Å². The van der Waals surface area contributed by atoms with Crippen molar-refractivity contribution in [1.29, 1.82) is 0 Å². The number of nitrogens with two attached hydrogens (primary N) is 1. The molecule has 3 nitrogen and oxygen atoms in total. The topological polar surface area (TPSA) is 51.2 Å². The molecule has 0 aliphatic heterocycles. The van der Waals surface area contributed by atoms with Gasteiger partial charge in [-0.2, -0.15) is 0 Å². The van der Waals surface area contributed by atoms with Gasteiger partial charge in [0.25, 0.3) is 0 Å². The Balaban J connectivity index is 2.45. The van der Waals surface area contributed by atoms with Gasteiger partial charge in [-0.1, -0.05) is 23.7 Å². The van der Waals surface area contributed by atoms with E-state index in [0.29, 0.717) is 0 Å². The van der Waals surface area contributed by atoms with Gasteiger partial charge in [0.2, 0.25) is 0 Å². The predicted octanol–water partition coefficient (Wildman–Crippen LogP) is 2.79. The lowest BCUT2D eigenvalue weighted by molar-refractivity contribution is 0.553. The molecule has 0 bridgehead atoms. The van der Waals surface area contributed by atoms with Gasteiger partial charge in [0.1, 0.15) is 0 Å². The molecule has 1 heterocycles. The van der Waals surface area contributed by atoms with E-state index in [2.05, 4.69) is 5.43 Å². The van der Waals surface area contributed by atoms with Crippen molar-refractivity contribution in [3.05, 3.63) is 58.5 Å². The molecule has 84 valence electrons. The van der Waals surface area contributed by atoms with Crippen molar-refractivity contribution in [2.24, 2.45) is 5.84 Å². The van der Waals surface area contributed by atoms with Crippen LogP contribution in [0.4, 0.5) is 0 Å². The SMILES string of the molecule is Cc1c(Cl)cccc1C(NN)c1ccoc1. The highest BCUT2D eigenvalue weighted by Crippen LogP contribution is 2.28. The lowest BCUT2D eigenvalue weighted by Gasteiger charge is -2.17. The summed E-state index contributed by atoms with van der Waals surface area (Å²) in [5, 5.41) is 0.737. The predicted molar refractivity (Wildman–Crippen MR) is 64.1 cm³/mol. The van der Waals surface area contributed by atoms with E-state index in [-0.39, 0.29) is 6.04 Å². The van der Waals surface area contributed by atoms with E-state index in [1.807, 2.05) is 31.2 Å². The molecule has 2 aromatic rings. The smallest absolute Gasteiger partial charge is 0.0954 e. The van der Waals surface area contributed by atoms with Crippen LogP contribution in [0, 0.1) is 6.92 Å². The van der Waals surface area contributed by atoms with E-state index in [0.717, 1.165) is 21.7 Å². The van der Waals surface area contributed by atoms with E-state index in [9.17, 15) is 0 Å². The molecule has 1 aromatic carbocycles. The first-order chi connectivity index (χ1) is 7.74. The van der Waals surface area contributed by atoms with Gasteiger partial charge in [-0.05, 0) is 30.2 Å². The first-order valence-corrected chi connectivity index (χ1v) is 5.35. The van der Waals surface area contributed by atoms with Crippen molar-refractivity contribution in [1.82, 2.24) is 5.43 Å². The van der Waals surface area contributed by atoms with Crippen molar-refractivity contribution in [3.63, 3.8) is 0 Å². The molecule has 1 atom stereocenters. The molecular weight excluding hydrogens is 224 g/mol. The maximum absolute atomic E-state index is 6.08. The first-order valence-electron chi connectivity index (χ1n) is 4.97. The summed E-state index contributed by atoms with van der Waals surface area (Å²) in [7, 11) is 0. The molecule has 16 heavy (non-hydrogen) atoms. The first kappa shape index (κ1) is 11.2. The Morgan fingerprint density at radius 1 is 1.38 bits per heavy atom. The Morgan fingerprint density at radius 3 is 2.81 bits per heavy atom. The number of rotatable bonds is 3. The van der Waals surface area contributed by atoms with Gasteiger partial charge in [0.15, 0.2) is 0 Å². The standard InChI is InChI=1S/C12H13ClN2O/c1-8-10(3-2-4-11(8)13)12(15-14)9-5-6-16-7-9/h2-7,12,15H,14H2,1H3. The second kappa shape index (κ2) is 4.70. The molecule has 0 saturated carbocycles. The molecule has 0 aliphatic carbocycles. The third-order valence-electron chi connectivity index (χ3n) is 2.66. The molecule has 0 fully saturated rings. The summed E-state index contributed by atoms with van der Waals surface area (Å²) in [5.41, 5.74) is 5.82. The van der Waals surface area contributed by atoms with E-state index in [1.54, 1.807) is 12.5 Å². The average Bonchev–Trinajstić information content (AvgIpc) is 2.79. The minimum Gasteiger partial charge on any atom is -0.472 e. The number of benzene rings is 1. The minimum absolute atomic E-state index is 0.0996. The minimum atomic E-state index is -0.0996. The quantitative estimate of drug-likeness (QED) is 0.637. The van der Waals surface area contributed by atoms with E-state index in [4.69, 9.17) is 21.9 Å². The molecular formula is C12H13ClN2O. The van der Waals surface area contributed by atoms with Gasteiger partial charge in [0, 0.05) is 10.6 Å². The molecule has 0 radical (unpaired) electrons. The van der Waals surface area contributed by atoms with Crippen molar-refractivity contribution >= 4 is 11.6 Å². The number of hydrogen-bond acceptors (Lipinski definition) is 3. The molecule has 0 aliphatic rings. The molecule has 1 aromatic heterocycles. The largest absolute Gasteiger partial charge is 0.472 e. The maximum Gasteiger partial charge on any atom is 0.0954 e. The fourth-order valence-electron chi connectivity index (χ4n) is 1.74. The average molecular weight is 237 g/mol. The Hall–Kier alpha value is -1.29. The van der Waals surface area contributed by atoms with Crippen LogP contribution in [0.3, 0.4) is 0 Å². The fraction of sp³-hybridized carbons (Fsp3) is 0.167. The van der Waals surface area contributed by atoms with Crippen LogP contribution in [-0.2, 0) is 0 Å². The summed E-state index contributed by atoms with van der Waals surface area (Å²) < 4.78 is 5.06. The third kappa shape index (κ3) is 1.97. The number of hydrazine groups is 1. The fourth-order valence-corrected chi connectivity index (χ4v) is 1.92. The molecule has 2 rings (SSSR count). The van der Waals surface area contributed by atoms with Crippen LogP contribution in [0.25, 0.3) is 0 Å². The Kier molecular flexibility index (Phi) is 3.29. The molecule has 3 N–H and O–H groups in total. The van der Waals surface area contributed by atoms with E-state index in [1.165, 1.54) is 0 Å². The van der Waals surface area contributed by atoms with Crippen LogP contribution in [0.1, 0.15) is 22.7 Å². The molecule has 4 heteroatoms. The monoisotopic (exact) mass is 236 g/mol. The summed E-state index contributed by atoms with van der Waals surface area (Å²) in [5.74, 6) is 5.58. The van der Waals surface area contributed by atoms with Crippen LogP contribution in [-0.4, -0.2) is 0 Å². The van der Waals surface area contributed by atoms with Gasteiger partial charge in [0.05, 0.1) is 18.6 Å². The summed E-state index contributed by atoms with van der Waals surface area (Å²) in [6.45, 7) is 1.97. The zero-order valence-electron chi connectivity index (χ0n) is 8.91. The highest BCUT2D eigenvalue weighted by Gasteiger charge is 2.16. The van der Waals surface area contributed by atoms with Gasteiger partial charge in [-0.3, -0.25) is 5.84 Å². The molecule has 1 unspecified atom stereocenters. The van der Waals surface area contributed by atoms with E-state index >= 15 is 0 Å². The van der Waals surface area contributed by atoms with Crippen LogP contribution in [0.5, 0.6) is 0 Å². The molecule has 0 spiro atoms. The van der Waals surface area contributed by atoms with Crippen LogP contribution in [0.2, 0.25) is 5.02 Å². The number of nitrogens with one attached hydrogen (secondary N) is 1. The zero-order valence-corrected chi connectivity index (χ0v) is 9.66.